The number of carbonyl (C=O) groups is 1. The quantitative estimate of drug-likeness (QED) is 0.841. The first kappa shape index (κ1) is 19.0. The fourth-order valence-electron chi connectivity index (χ4n) is 3.02. The third kappa shape index (κ3) is 4.91. The molecule has 0 aliphatic carbocycles. The molecule has 1 fully saturated rings. The van der Waals surface area contributed by atoms with Gasteiger partial charge >= 0.3 is 6.03 Å². The molecule has 0 saturated carbocycles. The molecule has 3 rings (SSSR count). The van der Waals surface area contributed by atoms with Crippen LogP contribution in [0.25, 0.3) is 0 Å². The van der Waals surface area contributed by atoms with Gasteiger partial charge in [0.25, 0.3) is 0 Å². The molecule has 1 aliphatic heterocycles. The van der Waals surface area contributed by atoms with Crippen LogP contribution in [0.5, 0.6) is 0 Å². The molecule has 2 aromatic rings. The van der Waals surface area contributed by atoms with Crippen molar-refractivity contribution in [2.45, 2.75) is 0 Å². The summed E-state index contributed by atoms with van der Waals surface area (Å²) < 4.78 is 40.8. The highest BCUT2D eigenvalue weighted by Crippen LogP contribution is 2.20. The Balaban J connectivity index is 1.40. The zero-order chi connectivity index (χ0) is 19.2. The Labute approximate surface area is 155 Å². The van der Waals surface area contributed by atoms with E-state index in [1.54, 1.807) is 12.1 Å². The van der Waals surface area contributed by atoms with Gasteiger partial charge in [0.1, 0.15) is 23.1 Å². The van der Waals surface area contributed by atoms with Crippen molar-refractivity contribution in [3.05, 3.63) is 59.9 Å². The molecule has 0 aromatic heterocycles. The molecule has 0 unspecified atom stereocenters. The number of hydrogen-bond acceptors (Lipinski definition) is 3. The van der Waals surface area contributed by atoms with Crippen molar-refractivity contribution in [2.24, 2.45) is 0 Å². The van der Waals surface area contributed by atoms with Crippen molar-refractivity contribution in [1.29, 1.82) is 0 Å². The van der Waals surface area contributed by atoms with Crippen molar-refractivity contribution >= 4 is 17.4 Å². The Hall–Kier alpha value is -2.74. The largest absolute Gasteiger partial charge is 0.367 e. The monoisotopic (exact) mass is 378 g/mol. The summed E-state index contributed by atoms with van der Waals surface area (Å²) in [4.78, 5) is 15.9. The zero-order valence-electron chi connectivity index (χ0n) is 14.7. The highest BCUT2D eigenvalue weighted by atomic mass is 19.1. The maximum absolute atomic E-state index is 13.8. The first-order chi connectivity index (χ1) is 13.0. The normalized spacial score (nSPS) is 14.9. The number of amides is 2. The second kappa shape index (κ2) is 8.77. The third-order valence-electron chi connectivity index (χ3n) is 4.48. The van der Waals surface area contributed by atoms with E-state index in [0.29, 0.717) is 31.9 Å². The maximum atomic E-state index is 13.8. The van der Waals surface area contributed by atoms with Gasteiger partial charge in [-0.3, -0.25) is 4.90 Å². The molecule has 8 heteroatoms. The van der Waals surface area contributed by atoms with E-state index in [0.717, 1.165) is 25.2 Å². The molecule has 0 radical (unpaired) electrons. The van der Waals surface area contributed by atoms with Crippen LogP contribution in [-0.4, -0.2) is 50.2 Å². The van der Waals surface area contributed by atoms with Gasteiger partial charge in [0, 0.05) is 39.3 Å². The van der Waals surface area contributed by atoms with E-state index in [9.17, 15) is 18.0 Å². The molecule has 27 heavy (non-hydrogen) atoms. The standard InChI is InChI=1S/C19H21F3N4O/c20-14-4-1-2-7-17(14)26-12-10-25(11-13-26)9-8-23-19(27)24-18-15(21)5-3-6-16(18)22/h1-7H,8-13H2,(H2,23,24,27). The van der Waals surface area contributed by atoms with Crippen LogP contribution in [0.1, 0.15) is 0 Å². The Morgan fingerprint density at radius 2 is 1.52 bits per heavy atom. The molecule has 2 aromatic carbocycles. The van der Waals surface area contributed by atoms with E-state index in [1.165, 1.54) is 12.1 Å². The number of para-hydroxylation sites is 2. The summed E-state index contributed by atoms with van der Waals surface area (Å²) in [5, 5.41) is 4.77. The number of halogens is 3. The lowest BCUT2D eigenvalue weighted by Crippen LogP contribution is -2.49. The lowest BCUT2D eigenvalue weighted by molar-refractivity contribution is 0.240. The Morgan fingerprint density at radius 1 is 0.889 bits per heavy atom. The molecule has 2 N–H and O–H groups in total. The number of piperazine rings is 1. The van der Waals surface area contributed by atoms with Gasteiger partial charge in [-0.1, -0.05) is 18.2 Å². The highest BCUT2D eigenvalue weighted by Gasteiger charge is 2.19. The predicted molar refractivity (Wildman–Crippen MR) is 98.4 cm³/mol. The van der Waals surface area contributed by atoms with Crippen molar-refractivity contribution in [3.63, 3.8) is 0 Å². The number of urea groups is 1. The average molecular weight is 378 g/mol. The second-order valence-corrected chi connectivity index (χ2v) is 6.26. The Morgan fingerprint density at radius 3 is 2.19 bits per heavy atom. The fourth-order valence-corrected chi connectivity index (χ4v) is 3.02. The van der Waals surface area contributed by atoms with Crippen molar-refractivity contribution in [1.82, 2.24) is 10.2 Å². The highest BCUT2D eigenvalue weighted by molar-refractivity contribution is 5.89. The number of nitrogens with one attached hydrogen (secondary N) is 2. The summed E-state index contributed by atoms with van der Waals surface area (Å²) in [5.74, 6) is -1.88. The molecule has 2 amide bonds. The number of nitrogens with zero attached hydrogens (tertiary/aromatic N) is 2. The van der Waals surface area contributed by atoms with Crippen LogP contribution in [-0.2, 0) is 0 Å². The lowest BCUT2D eigenvalue weighted by Gasteiger charge is -2.36. The van der Waals surface area contributed by atoms with Crippen molar-refractivity contribution in [3.8, 4) is 0 Å². The molecule has 1 saturated heterocycles. The molecule has 0 atom stereocenters. The summed E-state index contributed by atoms with van der Waals surface area (Å²) in [6.07, 6.45) is 0. The minimum Gasteiger partial charge on any atom is -0.367 e. The fraction of sp³-hybridized carbons (Fsp3) is 0.316. The number of carbonyl (C=O) groups excluding carboxylic acids is 1. The smallest absolute Gasteiger partial charge is 0.319 e. The van der Waals surface area contributed by atoms with Gasteiger partial charge in [0.05, 0.1) is 5.69 Å². The number of benzene rings is 2. The SMILES string of the molecule is O=C(NCCN1CCN(c2ccccc2F)CC1)Nc1c(F)cccc1F. The molecule has 144 valence electrons. The van der Waals surface area contributed by atoms with E-state index < -0.39 is 23.4 Å². The minimum atomic E-state index is -0.825. The van der Waals surface area contributed by atoms with Crippen LogP contribution in [0.4, 0.5) is 29.3 Å². The van der Waals surface area contributed by atoms with Crippen LogP contribution >= 0.6 is 0 Å². The molecular weight excluding hydrogens is 357 g/mol. The third-order valence-corrected chi connectivity index (χ3v) is 4.48. The van der Waals surface area contributed by atoms with Gasteiger partial charge in [-0.05, 0) is 24.3 Å². The van der Waals surface area contributed by atoms with Gasteiger partial charge in [-0.2, -0.15) is 0 Å². The molecular formula is C19H21F3N4O. The van der Waals surface area contributed by atoms with Gasteiger partial charge in [-0.15, -0.1) is 0 Å². The van der Waals surface area contributed by atoms with Gasteiger partial charge in [0.15, 0.2) is 0 Å². The Kier molecular flexibility index (Phi) is 6.18. The number of hydrogen-bond donors (Lipinski definition) is 2. The van der Waals surface area contributed by atoms with Gasteiger partial charge in [0.2, 0.25) is 0 Å². The summed E-state index contributed by atoms with van der Waals surface area (Å²) in [5.41, 5.74) is 0.134. The van der Waals surface area contributed by atoms with E-state index in [4.69, 9.17) is 0 Å². The van der Waals surface area contributed by atoms with E-state index in [1.807, 2.05) is 11.0 Å². The molecule has 0 spiro atoms. The number of rotatable bonds is 5. The summed E-state index contributed by atoms with van der Waals surface area (Å²) in [6.45, 7) is 3.78. The zero-order valence-corrected chi connectivity index (χ0v) is 14.7. The second-order valence-electron chi connectivity index (χ2n) is 6.26. The minimum absolute atomic E-state index is 0.232. The summed E-state index contributed by atoms with van der Waals surface area (Å²) >= 11 is 0. The molecule has 0 bridgehead atoms. The molecule has 5 nitrogen and oxygen atoms in total. The number of anilines is 2. The van der Waals surface area contributed by atoms with E-state index in [2.05, 4.69) is 15.5 Å². The Bertz CT molecular complexity index is 774. The van der Waals surface area contributed by atoms with Gasteiger partial charge < -0.3 is 15.5 Å². The van der Waals surface area contributed by atoms with Crippen LogP contribution in [0.2, 0.25) is 0 Å². The maximum Gasteiger partial charge on any atom is 0.319 e. The lowest BCUT2D eigenvalue weighted by atomic mass is 10.2. The predicted octanol–water partition coefficient (Wildman–Crippen LogP) is 3.05. The van der Waals surface area contributed by atoms with Gasteiger partial charge in [-0.25, -0.2) is 18.0 Å². The van der Waals surface area contributed by atoms with Crippen molar-refractivity contribution in [2.75, 3.05) is 49.5 Å². The van der Waals surface area contributed by atoms with Crippen LogP contribution in [0.15, 0.2) is 42.5 Å². The van der Waals surface area contributed by atoms with Crippen LogP contribution in [0, 0.1) is 17.5 Å². The van der Waals surface area contributed by atoms with E-state index >= 15 is 0 Å². The van der Waals surface area contributed by atoms with Crippen LogP contribution < -0.4 is 15.5 Å². The topological polar surface area (TPSA) is 47.6 Å². The van der Waals surface area contributed by atoms with Crippen molar-refractivity contribution < 1.29 is 18.0 Å². The first-order valence-corrected chi connectivity index (χ1v) is 8.75. The first-order valence-electron chi connectivity index (χ1n) is 8.75. The molecule has 1 heterocycles. The average Bonchev–Trinajstić information content (AvgIpc) is 2.66. The summed E-state index contributed by atoms with van der Waals surface area (Å²) in [6, 6.07) is 9.41. The molecule has 1 aliphatic rings. The van der Waals surface area contributed by atoms with Crippen LogP contribution in [0.3, 0.4) is 0 Å². The van der Waals surface area contributed by atoms with E-state index in [-0.39, 0.29) is 5.82 Å². The summed E-state index contributed by atoms with van der Waals surface area (Å²) in [7, 11) is 0.